The number of thiophene rings is 1. The first kappa shape index (κ1) is 22.3. The zero-order chi connectivity index (χ0) is 22.2. The molecule has 1 amide bonds. The van der Waals surface area contributed by atoms with Crippen LogP contribution in [0, 0.1) is 5.92 Å². The number of rotatable bonds is 4. The second kappa shape index (κ2) is 8.90. The second-order valence-corrected chi connectivity index (χ2v) is 11.1. The number of fused-ring (bicyclic) bond motifs is 3. The van der Waals surface area contributed by atoms with Crippen molar-refractivity contribution in [3.8, 4) is 0 Å². The molecule has 1 aliphatic carbocycles. The first-order valence-corrected chi connectivity index (χ1v) is 12.2. The first-order chi connectivity index (χ1) is 14.7. The molecule has 1 atom stereocenters. The lowest BCUT2D eigenvalue weighted by molar-refractivity contribution is 0.0241. The van der Waals surface area contributed by atoms with Gasteiger partial charge in [-0.1, -0.05) is 0 Å². The molecule has 2 N–H and O–H groups in total. The van der Waals surface area contributed by atoms with E-state index in [0.29, 0.717) is 24.8 Å². The van der Waals surface area contributed by atoms with Crippen molar-refractivity contribution in [1.82, 2.24) is 19.8 Å². The Morgan fingerprint density at radius 1 is 1.26 bits per heavy atom. The van der Waals surface area contributed by atoms with E-state index in [0.717, 1.165) is 54.8 Å². The summed E-state index contributed by atoms with van der Waals surface area (Å²) in [7, 11) is 1.82. The van der Waals surface area contributed by atoms with Crippen molar-refractivity contribution in [2.24, 2.45) is 5.92 Å². The molecule has 1 aliphatic heterocycles. The van der Waals surface area contributed by atoms with Crippen LogP contribution in [0.25, 0.3) is 10.2 Å². The van der Waals surface area contributed by atoms with Crippen molar-refractivity contribution in [3.63, 3.8) is 0 Å². The number of carbonyl (C=O) groups excluding carboxylic acids is 1. The summed E-state index contributed by atoms with van der Waals surface area (Å²) in [6.45, 7) is 9.04. The largest absolute Gasteiger partial charge is 0.444 e. The summed E-state index contributed by atoms with van der Waals surface area (Å²) < 4.78 is 5.49. The van der Waals surface area contributed by atoms with E-state index in [1.807, 2.05) is 27.8 Å². The van der Waals surface area contributed by atoms with Crippen LogP contribution in [0.2, 0.25) is 0 Å². The number of aryl methyl sites for hydroxylation is 2. The lowest BCUT2D eigenvalue weighted by Crippen LogP contribution is -2.42. The van der Waals surface area contributed by atoms with Crippen LogP contribution in [0.15, 0.2) is 0 Å². The topological polar surface area (TPSA) is 84.6 Å². The monoisotopic (exact) mass is 445 g/mol. The Hall–Kier alpha value is -1.93. The number of piperidine rings is 1. The Bertz CT molecular complexity index is 952. The second-order valence-electron chi connectivity index (χ2n) is 10.0. The van der Waals surface area contributed by atoms with Gasteiger partial charge < -0.3 is 15.4 Å². The van der Waals surface area contributed by atoms with Gasteiger partial charge in [0, 0.05) is 25.0 Å². The molecule has 1 unspecified atom stereocenters. The van der Waals surface area contributed by atoms with Crippen molar-refractivity contribution >= 4 is 33.5 Å². The van der Waals surface area contributed by atoms with Crippen LogP contribution in [0.5, 0.6) is 0 Å². The average molecular weight is 446 g/mol. The number of hydrogen-bond donors (Lipinski definition) is 1. The van der Waals surface area contributed by atoms with Gasteiger partial charge in [-0.15, -0.1) is 11.3 Å². The molecule has 0 radical (unpaired) electrons. The molecule has 31 heavy (non-hydrogen) atoms. The predicted molar refractivity (Wildman–Crippen MR) is 125 cm³/mol. The lowest BCUT2D eigenvalue weighted by atomic mass is 9.97. The van der Waals surface area contributed by atoms with Gasteiger partial charge in [0.1, 0.15) is 22.1 Å². The van der Waals surface area contributed by atoms with Gasteiger partial charge in [-0.25, -0.2) is 14.8 Å². The zero-order valence-electron chi connectivity index (χ0n) is 19.2. The van der Waals surface area contributed by atoms with Crippen molar-refractivity contribution in [2.75, 3.05) is 32.4 Å². The molecule has 3 heterocycles. The van der Waals surface area contributed by atoms with Crippen LogP contribution in [-0.2, 0) is 24.1 Å². The predicted octanol–water partition coefficient (Wildman–Crippen LogP) is 4.23. The van der Waals surface area contributed by atoms with Crippen molar-refractivity contribution in [2.45, 2.75) is 71.4 Å². The average Bonchev–Trinajstić information content (AvgIpc) is 3.05. The molecule has 7 nitrogen and oxygen atoms in total. The van der Waals surface area contributed by atoms with Gasteiger partial charge in [0.15, 0.2) is 0 Å². The van der Waals surface area contributed by atoms with Crippen LogP contribution in [0.3, 0.4) is 0 Å². The molecule has 1 fully saturated rings. The molecule has 0 bridgehead atoms. The fraction of sp³-hybridized carbons (Fsp3) is 0.696. The van der Waals surface area contributed by atoms with Gasteiger partial charge in [0.05, 0.1) is 11.9 Å². The normalized spacial score (nSPS) is 19.9. The number of ether oxygens (including phenoxy) is 1. The Kier molecular flexibility index (Phi) is 6.40. The SMILES string of the molecule is CN(CC1CCCN(Cc2nc(N)c3c4c(sc3n2)CCCC4)C1)C(=O)OC(C)(C)C. The van der Waals surface area contributed by atoms with Crippen LogP contribution < -0.4 is 5.73 Å². The molecule has 0 saturated carbocycles. The number of nitrogens with zero attached hydrogens (tertiary/aromatic N) is 4. The minimum absolute atomic E-state index is 0.257. The maximum Gasteiger partial charge on any atom is 0.410 e. The summed E-state index contributed by atoms with van der Waals surface area (Å²) in [6, 6.07) is 0. The third-order valence-electron chi connectivity index (χ3n) is 6.09. The number of aromatic nitrogens is 2. The summed E-state index contributed by atoms with van der Waals surface area (Å²) in [5.74, 6) is 1.86. The van der Waals surface area contributed by atoms with E-state index in [1.165, 1.54) is 23.3 Å². The lowest BCUT2D eigenvalue weighted by Gasteiger charge is -2.34. The molecule has 2 aliphatic rings. The van der Waals surface area contributed by atoms with Gasteiger partial charge in [-0.05, 0) is 77.3 Å². The third-order valence-corrected chi connectivity index (χ3v) is 7.28. The van der Waals surface area contributed by atoms with Gasteiger partial charge in [0.25, 0.3) is 0 Å². The van der Waals surface area contributed by atoms with Gasteiger partial charge >= 0.3 is 6.09 Å². The van der Waals surface area contributed by atoms with E-state index in [4.69, 9.17) is 15.5 Å². The highest BCUT2D eigenvalue weighted by atomic mass is 32.1. The van der Waals surface area contributed by atoms with Crippen molar-refractivity contribution < 1.29 is 9.53 Å². The van der Waals surface area contributed by atoms with Crippen LogP contribution in [0.4, 0.5) is 10.6 Å². The van der Waals surface area contributed by atoms with E-state index in [9.17, 15) is 4.79 Å². The number of carbonyl (C=O) groups is 1. The van der Waals surface area contributed by atoms with Crippen LogP contribution in [0.1, 0.15) is 62.7 Å². The van der Waals surface area contributed by atoms with Crippen LogP contribution in [-0.4, -0.2) is 58.1 Å². The Balaban J connectivity index is 1.40. The fourth-order valence-corrected chi connectivity index (χ4v) is 6.04. The summed E-state index contributed by atoms with van der Waals surface area (Å²) in [6.07, 6.45) is 6.69. The van der Waals surface area contributed by atoms with Gasteiger partial charge in [0.2, 0.25) is 0 Å². The minimum Gasteiger partial charge on any atom is -0.444 e. The maximum atomic E-state index is 12.3. The standard InChI is InChI=1S/C23H35N5O2S/c1-23(2,3)30-22(29)27(4)12-15-8-7-11-28(13-15)14-18-25-20(24)19-16-9-5-6-10-17(16)31-21(19)26-18/h15H,5-14H2,1-4H3,(H2,24,25,26). The number of anilines is 1. The summed E-state index contributed by atoms with van der Waals surface area (Å²) in [5.41, 5.74) is 7.30. The maximum absolute atomic E-state index is 12.3. The van der Waals surface area contributed by atoms with E-state index in [1.54, 1.807) is 16.2 Å². The Morgan fingerprint density at radius 2 is 2.03 bits per heavy atom. The number of likely N-dealkylation sites (tertiary alicyclic amines) is 1. The molecule has 2 aromatic heterocycles. The summed E-state index contributed by atoms with van der Waals surface area (Å²) in [4.78, 5) is 28.5. The van der Waals surface area contributed by atoms with E-state index >= 15 is 0 Å². The van der Waals surface area contributed by atoms with Crippen molar-refractivity contribution in [1.29, 1.82) is 0 Å². The Morgan fingerprint density at radius 3 is 2.81 bits per heavy atom. The fourth-order valence-electron chi connectivity index (χ4n) is 4.75. The van der Waals surface area contributed by atoms with Gasteiger partial charge in [-0.3, -0.25) is 4.90 Å². The highest BCUT2D eigenvalue weighted by molar-refractivity contribution is 7.19. The number of hydrogen-bond acceptors (Lipinski definition) is 7. The van der Waals surface area contributed by atoms with Crippen LogP contribution >= 0.6 is 11.3 Å². The highest BCUT2D eigenvalue weighted by Crippen LogP contribution is 2.37. The van der Waals surface area contributed by atoms with Crippen molar-refractivity contribution in [3.05, 3.63) is 16.3 Å². The molecule has 170 valence electrons. The molecule has 8 heteroatoms. The Labute approximate surface area is 189 Å². The van der Waals surface area contributed by atoms with E-state index in [2.05, 4.69) is 9.88 Å². The molecule has 0 spiro atoms. The molecular formula is C23H35N5O2S. The molecule has 0 aromatic carbocycles. The quantitative estimate of drug-likeness (QED) is 0.758. The number of amides is 1. The highest BCUT2D eigenvalue weighted by Gasteiger charge is 2.26. The number of nitrogens with two attached hydrogens (primary N) is 1. The molecular weight excluding hydrogens is 410 g/mol. The molecule has 4 rings (SSSR count). The molecule has 1 saturated heterocycles. The summed E-state index contributed by atoms with van der Waals surface area (Å²) >= 11 is 1.80. The molecule has 2 aromatic rings. The minimum atomic E-state index is -0.471. The van der Waals surface area contributed by atoms with E-state index < -0.39 is 5.60 Å². The third kappa shape index (κ3) is 5.29. The first-order valence-electron chi connectivity index (χ1n) is 11.4. The number of nitrogen functional groups attached to an aromatic ring is 1. The zero-order valence-corrected chi connectivity index (χ0v) is 20.1. The van der Waals surface area contributed by atoms with E-state index in [-0.39, 0.29) is 6.09 Å². The summed E-state index contributed by atoms with van der Waals surface area (Å²) in [5, 5.41) is 1.10. The van der Waals surface area contributed by atoms with Gasteiger partial charge in [-0.2, -0.15) is 0 Å². The smallest absolute Gasteiger partial charge is 0.410 e.